The van der Waals surface area contributed by atoms with Crippen LogP contribution in [0.1, 0.15) is 54.4 Å². The van der Waals surface area contributed by atoms with E-state index >= 15 is 0 Å². The molecule has 12 aromatic rings. The number of nitrogens with one attached hydrogen (secondary N) is 2. The summed E-state index contributed by atoms with van der Waals surface area (Å²) < 4.78 is 16.8. The van der Waals surface area contributed by atoms with E-state index in [1.807, 2.05) is 171 Å². The number of hydrogen-bond donors (Lipinski definition) is 2. The lowest BCUT2D eigenvalue weighted by Gasteiger charge is -2.14. The molecular formula is C62H50N10O4S2. The second-order valence-electron chi connectivity index (χ2n) is 18.8. The van der Waals surface area contributed by atoms with Gasteiger partial charge in [-0.1, -0.05) is 12.1 Å². The summed E-state index contributed by atoms with van der Waals surface area (Å²) in [7, 11) is 0. The molecule has 0 spiro atoms. The largest absolute Gasteiger partial charge is 0.456 e. The van der Waals surface area contributed by atoms with Gasteiger partial charge in [0.05, 0.1) is 46.2 Å². The number of imidazole rings is 2. The van der Waals surface area contributed by atoms with E-state index < -0.39 is 0 Å². The number of carbonyl (C=O) groups is 2. The number of carbonyl (C=O) groups excluding carboxylic acids is 2. The number of anilines is 2. The molecule has 0 radical (unpaired) electrons. The molecule has 0 aliphatic rings. The topological polar surface area (TPSA) is 164 Å². The van der Waals surface area contributed by atoms with Gasteiger partial charge >= 0.3 is 0 Å². The molecule has 384 valence electrons. The average molecular weight is 1060 g/mol. The van der Waals surface area contributed by atoms with E-state index in [0.717, 1.165) is 88.0 Å². The van der Waals surface area contributed by atoms with Crippen molar-refractivity contribution in [3.8, 4) is 56.9 Å². The zero-order valence-corrected chi connectivity index (χ0v) is 45.0. The molecule has 0 saturated heterocycles. The smallest absolute Gasteiger partial charge is 0.255 e. The summed E-state index contributed by atoms with van der Waals surface area (Å²) in [4.78, 5) is 54.9. The number of pyridine rings is 4. The number of hydrogen-bond acceptors (Lipinski definition) is 12. The number of nitrogens with zero attached hydrogens (tertiary/aromatic N) is 8. The third kappa shape index (κ3) is 11.3. The molecule has 0 atom stereocenters. The Bertz CT molecular complexity index is 3920. The van der Waals surface area contributed by atoms with Crippen LogP contribution >= 0.6 is 22.7 Å². The molecular weight excluding hydrogens is 1010 g/mol. The second-order valence-corrected chi connectivity index (χ2v) is 20.6. The van der Waals surface area contributed by atoms with Crippen molar-refractivity contribution in [2.75, 3.05) is 10.6 Å². The first-order chi connectivity index (χ1) is 37.8. The highest BCUT2D eigenvalue weighted by Crippen LogP contribution is 2.39. The SMILES string of the molecule is Cc1cc(NC(=O)c2ccc(C)c(Oc3cc(-c4cccnc4)nc4sccc34)c2)cc(-n2cnc(C)c2)c1.Cc1cc(NC(=O)c2ccc(C)c(Oc3cc(-c4ccncc4)nc4sccc34)c2)cc(-n2cnc(C)c2)c1. The highest BCUT2D eigenvalue weighted by atomic mass is 32.1. The van der Waals surface area contributed by atoms with E-state index in [1.54, 1.807) is 78.3 Å². The minimum absolute atomic E-state index is 0.217. The van der Waals surface area contributed by atoms with E-state index in [4.69, 9.17) is 19.4 Å². The normalized spacial score (nSPS) is 11.1. The van der Waals surface area contributed by atoms with Crippen LogP contribution in [0, 0.1) is 41.5 Å². The van der Waals surface area contributed by atoms with Gasteiger partial charge in [-0.2, -0.15) is 0 Å². The number of amides is 2. The zero-order chi connectivity index (χ0) is 53.9. The number of thiophene rings is 2. The van der Waals surface area contributed by atoms with Crippen molar-refractivity contribution >= 4 is 66.3 Å². The van der Waals surface area contributed by atoms with Crippen molar-refractivity contribution in [1.82, 2.24) is 39.0 Å². The van der Waals surface area contributed by atoms with Gasteiger partial charge in [-0.15, -0.1) is 22.7 Å². The first-order valence-electron chi connectivity index (χ1n) is 24.9. The summed E-state index contributed by atoms with van der Waals surface area (Å²) in [6.07, 6.45) is 14.4. The molecule has 16 heteroatoms. The van der Waals surface area contributed by atoms with E-state index in [2.05, 4.69) is 36.6 Å². The monoisotopic (exact) mass is 1060 g/mol. The van der Waals surface area contributed by atoms with E-state index in [1.165, 1.54) is 0 Å². The third-order valence-electron chi connectivity index (χ3n) is 12.7. The number of rotatable bonds is 12. The fourth-order valence-corrected chi connectivity index (χ4v) is 10.3. The molecule has 0 unspecified atom stereocenters. The highest BCUT2D eigenvalue weighted by molar-refractivity contribution is 7.17. The average Bonchev–Trinajstić information content (AvgIpc) is 4.35. The summed E-state index contributed by atoms with van der Waals surface area (Å²) in [5, 5.41) is 11.9. The minimum atomic E-state index is -0.218. The summed E-state index contributed by atoms with van der Waals surface area (Å²) in [5.41, 5.74) is 13.5. The molecule has 0 aliphatic carbocycles. The molecule has 12 rings (SSSR count). The number of ether oxygens (including phenoxy) is 2. The van der Waals surface area contributed by atoms with Gasteiger partial charge in [0.25, 0.3) is 11.8 Å². The molecule has 0 bridgehead atoms. The standard InChI is InChI=1S/2C31H25N5O2S/c1-19-12-24(15-25(13-19)36-17-21(3)33-18-36)34-30(37)23-5-4-20(2)28(14-23)38-29-16-27(22-6-9-32-10-7-22)35-31-26(29)8-11-39-31;1-19-11-24(14-25(12-19)36-17-21(3)33-18-36)34-30(37)22-7-6-20(2)28(13-22)38-29-15-27(23-5-4-9-32-16-23)35-31-26(29)8-10-39-31/h2*4-18H,1-3H3,(H,34,37). The van der Waals surface area contributed by atoms with Gasteiger partial charge in [0, 0.05) is 94.3 Å². The maximum atomic E-state index is 13.3. The van der Waals surface area contributed by atoms with Crippen LogP contribution in [-0.4, -0.2) is 50.9 Å². The maximum Gasteiger partial charge on any atom is 0.255 e. The molecule has 0 saturated carbocycles. The van der Waals surface area contributed by atoms with Crippen LogP contribution in [0.15, 0.2) is 182 Å². The lowest BCUT2D eigenvalue weighted by molar-refractivity contribution is 0.101. The Balaban J connectivity index is 0.000000165. The Morgan fingerprint density at radius 2 is 1.00 bits per heavy atom. The molecule has 0 fully saturated rings. The Morgan fingerprint density at radius 1 is 0.500 bits per heavy atom. The molecule has 4 aromatic carbocycles. The molecule has 2 N–H and O–H groups in total. The molecule has 78 heavy (non-hydrogen) atoms. The highest BCUT2D eigenvalue weighted by Gasteiger charge is 2.18. The van der Waals surface area contributed by atoms with Crippen LogP contribution < -0.4 is 20.1 Å². The van der Waals surface area contributed by atoms with Crippen LogP contribution in [0.25, 0.3) is 54.3 Å². The van der Waals surface area contributed by atoms with Crippen molar-refractivity contribution < 1.29 is 19.1 Å². The number of aromatic nitrogens is 8. The predicted octanol–water partition coefficient (Wildman–Crippen LogP) is 15.0. The van der Waals surface area contributed by atoms with E-state index in [0.29, 0.717) is 45.5 Å². The van der Waals surface area contributed by atoms with Gasteiger partial charge in [0.1, 0.15) is 32.7 Å². The Morgan fingerprint density at radius 3 is 1.46 bits per heavy atom. The van der Waals surface area contributed by atoms with Crippen LogP contribution in [0.5, 0.6) is 23.0 Å². The molecule has 0 aliphatic heterocycles. The lowest BCUT2D eigenvalue weighted by Crippen LogP contribution is -2.12. The fourth-order valence-electron chi connectivity index (χ4n) is 8.78. The lowest BCUT2D eigenvalue weighted by atomic mass is 10.1. The van der Waals surface area contributed by atoms with Gasteiger partial charge in [-0.3, -0.25) is 19.6 Å². The van der Waals surface area contributed by atoms with Crippen molar-refractivity contribution in [3.63, 3.8) is 0 Å². The summed E-state index contributed by atoms with van der Waals surface area (Å²) in [6, 6.07) is 38.4. The molecule has 8 heterocycles. The van der Waals surface area contributed by atoms with Crippen LogP contribution in [0.4, 0.5) is 11.4 Å². The van der Waals surface area contributed by atoms with Gasteiger partial charge in [-0.05, 0) is 172 Å². The summed E-state index contributed by atoms with van der Waals surface area (Å²) >= 11 is 3.11. The van der Waals surface area contributed by atoms with Crippen LogP contribution in [0.3, 0.4) is 0 Å². The quantitative estimate of drug-likeness (QED) is 0.120. The first kappa shape index (κ1) is 50.5. The van der Waals surface area contributed by atoms with Gasteiger partial charge in [-0.25, -0.2) is 19.9 Å². The van der Waals surface area contributed by atoms with Crippen molar-refractivity contribution in [2.24, 2.45) is 0 Å². The second kappa shape index (κ2) is 21.9. The molecule has 14 nitrogen and oxygen atoms in total. The first-order valence-corrected chi connectivity index (χ1v) is 26.6. The van der Waals surface area contributed by atoms with Crippen LogP contribution in [0.2, 0.25) is 0 Å². The molecule has 2 amide bonds. The maximum absolute atomic E-state index is 13.3. The van der Waals surface area contributed by atoms with Crippen molar-refractivity contribution in [3.05, 3.63) is 227 Å². The van der Waals surface area contributed by atoms with E-state index in [9.17, 15) is 9.59 Å². The zero-order valence-electron chi connectivity index (χ0n) is 43.3. The fraction of sp³-hybridized carbons (Fsp3) is 0.0968. The van der Waals surface area contributed by atoms with Gasteiger partial charge in [0.2, 0.25) is 0 Å². The number of aryl methyl sites for hydroxylation is 6. The molecule has 8 aromatic heterocycles. The Kier molecular flexibility index (Phi) is 14.2. The third-order valence-corrected chi connectivity index (χ3v) is 14.3. The number of benzene rings is 4. The summed E-state index contributed by atoms with van der Waals surface area (Å²) in [6.45, 7) is 11.8. The Labute approximate surface area is 457 Å². The van der Waals surface area contributed by atoms with Gasteiger partial charge in [0.15, 0.2) is 0 Å². The Hall–Kier alpha value is -9.64. The van der Waals surface area contributed by atoms with Crippen molar-refractivity contribution in [2.45, 2.75) is 41.5 Å². The van der Waals surface area contributed by atoms with E-state index in [-0.39, 0.29) is 11.8 Å². The minimum Gasteiger partial charge on any atom is -0.456 e. The summed E-state index contributed by atoms with van der Waals surface area (Å²) in [5.74, 6) is 2.15. The number of fused-ring (bicyclic) bond motifs is 2. The van der Waals surface area contributed by atoms with Crippen molar-refractivity contribution in [1.29, 1.82) is 0 Å². The van der Waals surface area contributed by atoms with Crippen LogP contribution in [-0.2, 0) is 0 Å². The predicted molar refractivity (Wildman–Crippen MR) is 310 cm³/mol. The van der Waals surface area contributed by atoms with Gasteiger partial charge < -0.3 is 29.2 Å².